The van der Waals surface area contributed by atoms with Gasteiger partial charge in [-0.15, -0.1) is 5.10 Å². The number of benzene rings is 1. The van der Waals surface area contributed by atoms with E-state index in [-0.39, 0.29) is 0 Å². The average Bonchev–Trinajstić information content (AvgIpc) is 2.81. The van der Waals surface area contributed by atoms with E-state index < -0.39 is 0 Å². The Hall–Kier alpha value is -1.49. The molecule has 0 amide bonds. The lowest BCUT2D eigenvalue weighted by Crippen LogP contribution is -1.97. The highest BCUT2D eigenvalue weighted by Crippen LogP contribution is 2.14. The minimum absolute atomic E-state index is 0.762. The van der Waals surface area contributed by atoms with Crippen molar-refractivity contribution in [1.82, 2.24) is 15.2 Å². The lowest BCUT2D eigenvalue weighted by molar-refractivity contribution is 0.310. The van der Waals surface area contributed by atoms with Crippen LogP contribution in [0.15, 0.2) is 35.5 Å². The van der Waals surface area contributed by atoms with Crippen molar-refractivity contribution < 1.29 is 4.74 Å². The van der Waals surface area contributed by atoms with E-state index >= 15 is 0 Å². The topological polar surface area (TPSA) is 50.8 Å². The van der Waals surface area contributed by atoms with Crippen LogP contribution >= 0.6 is 11.8 Å². The number of aryl methyl sites for hydroxylation is 1. The largest absolute Gasteiger partial charge is 0.494 e. The van der Waals surface area contributed by atoms with Crippen molar-refractivity contribution in [3.05, 3.63) is 36.2 Å². The number of nitrogens with zero attached hydrogens (tertiary/aromatic N) is 2. The Kier molecular flexibility index (Phi) is 5.08. The Morgan fingerprint density at radius 3 is 2.78 bits per heavy atom. The standard InChI is InChI=1S/C13H17N3OS/c1-11-14-13(16-15-11)18-10-6-5-9-17-12-7-3-2-4-8-12/h2-4,7-8H,5-6,9-10H2,1H3,(H,14,15,16). The number of nitrogens with one attached hydrogen (secondary N) is 1. The van der Waals surface area contributed by atoms with E-state index in [1.807, 2.05) is 37.3 Å². The fourth-order valence-corrected chi connectivity index (χ4v) is 2.30. The molecule has 0 bridgehead atoms. The fraction of sp³-hybridized carbons (Fsp3) is 0.385. The first-order valence-electron chi connectivity index (χ1n) is 6.04. The van der Waals surface area contributed by atoms with E-state index in [1.165, 1.54) is 0 Å². The zero-order valence-electron chi connectivity index (χ0n) is 10.4. The second-order valence-corrected chi connectivity index (χ2v) is 4.98. The van der Waals surface area contributed by atoms with E-state index in [2.05, 4.69) is 15.2 Å². The van der Waals surface area contributed by atoms with E-state index in [4.69, 9.17) is 4.74 Å². The summed E-state index contributed by atoms with van der Waals surface area (Å²) in [6.07, 6.45) is 2.15. The molecule has 0 fully saturated rings. The first kappa shape index (κ1) is 13.0. The van der Waals surface area contributed by atoms with E-state index in [0.29, 0.717) is 0 Å². The van der Waals surface area contributed by atoms with Gasteiger partial charge in [-0.2, -0.15) is 0 Å². The molecule has 1 aromatic heterocycles. The fourth-order valence-electron chi connectivity index (χ4n) is 1.46. The van der Waals surface area contributed by atoms with Crippen LogP contribution in [0.2, 0.25) is 0 Å². The third kappa shape index (κ3) is 4.41. The van der Waals surface area contributed by atoms with Crippen molar-refractivity contribution in [1.29, 1.82) is 0 Å². The average molecular weight is 263 g/mol. The molecule has 0 atom stereocenters. The summed E-state index contributed by atoms with van der Waals surface area (Å²) in [5, 5.41) is 7.74. The van der Waals surface area contributed by atoms with Gasteiger partial charge in [0, 0.05) is 5.75 Å². The van der Waals surface area contributed by atoms with Crippen LogP contribution in [0.3, 0.4) is 0 Å². The van der Waals surface area contributed by atoms with Gasteiger partial charge in [0.15, 0.2) is 0 Å². The Bertz CT molecular complexity index is 458. The van der Waals surface area contributed by atoms with Crippen LogP contribution in [0.5, 0.6) is 5.75 Å². The van der Waals surface area contributed by atoms with Gasteiger partial charge < -0.3 is 4.74 Å². The molecule has 0 aliphatic heterocycles. The molecule has 2 rings (SSSR count). The maximum Gasteiger partial charge on any atom is 0.208 e. The molecule has 96 valence electrons. The predicted octanol–water partition coefficient (Wildman–Crippen LogP) is 3.06. The third-order valence-electron chi connectivity index (χ3n) is 2.36. The molecule has 18 heavy (non-hydrogen) atoms. The molecule has 0 unspecified atom stereocenters. The molecule has 1 N–H and O–H groups in total. The Balaban J connectivity index is 1.54. The lowest BCUT2D eigenvalue weighted by Gasteiger charge is -2.04. The minimum Gasteiger partial charge on any atom is -0.494 e. The summed E-state index contributed by atoms with van der Waals surface area (Å²) in [5.74, 6) is 2.83. The summed E-state index contributed by atoms with van der Waals surface area (Å²) in [4.78, 5) is 4.24. The van der Waals surface area contributed by atoms with Gasteiger partial charge in [-0.05, 0) is 31.9 Å². The van der Waals surface area contributed by atoms with Crippen molar-refractivity contribution in [3.8, 4) is 5.75 Å². The van der Waals surface area contributed by atoms with E-state index in [9.17, 15) is 0 Å². The predicted molar refractivity (Wildman–Crippen MR) is 73.0 cm³/mol. The van der Waals surface area contributed by atoms with Gasteiger partial charge in [0.1, 0.15) is 11.6 Å². The number of aromatic amines is 1. The number of aromatic nitrogens is 3. The normalized spacial score (nSPS) is 10.5. The Labute approximate surface area is 111 Å². The van der Waals surface area contributed by atoms with Crippen LogP contribution in [0.25, 0.3) is 0 Å². The maximum atomic E-state index is 5.62. The van der Waals surface area contributed by atoms with Gasteiger partial charge >= 0.3 is 0 Å². The van der Waals surface area contributed by atoms with Crippen molar-refractivity contribution in [2.75, 3.05) is 12.4 Å². The molecule has 0 aliphatic carbocycles. The molecule has 4 nitrogen and oxygen atoms in total. The molecule has 0 saturated heterocycles. The van der Waals surface area contributed by atoms with Crippen LogP contribution in [-0.4, -0.2) is 27.5 Å². The first-order chi connectivity index (χ1) is 8.84. The minimum atomic E-state index is 0.762. The molecule has 1 heterocycles. The zero-order chi connectivity index (χ0) is 12.6. The van der Waals surface area contributed by atoms with E-state index in [1.54, 1.807) is 11.8 Å². The number of unbranched alkanes of at least 4 members (excludes halogenated alkanes) is 1. The van der Waals surface area contributed by atoms with Crippen LogP contribution in [0.4, 0.5) is 0 Å². The summed E-state index contributed by atoms with van der Waals surface area (Å²) in [6.45, 7) is 2.67. The number of hydrogen-bond donors (Lipinski definition) is 1. The summed E-state index contributed by atoms with van der Waals surface area (Å²) in [5.41, 5.74) is 0. The molecule has 0 aliphatic rings. The Morgan fingerprint density at radius 1 is 1.22 bits per heavy atom. The molecule has 1 aromatic carbocycles. The molecule has 0 spiro atoms. The zero-order valence-corrected chi connectivity index (χ0v) is 11.2. The van der Waals surface area contributed by atoms with Gasteiger partial charge in [-0.3, -0.25) is 5.10 Å². The second-order valence-electron chi connectivity index (χ2n) is 3.92. The third-order valence-corrected chi connectivity index (χ3v) is 3.29. The van der Waals surface area contributed by atoms with Crippen molar-refractivity contribution >= 4 is 11.8 Å². The number of hydrogen-bond acceptors (Lipinski definition) is 4. The van der Waals surface area contributed by atoms with Crippen LogP contribution in [0.1, 0.15) is 18.7 Å². The number of H-pyrrole nitrogens is 1. The first-order valence-corrected chi connectivity index (χ1v) is 7.03. The van der Waals surface area contributed by atoms with E-state index in [0.717, 1.165) is 41.9 Å². The maximum absolute atomic E-state index is 5.62. The van der Waals surface area contributed by atoms with Gasteiger partial charge in [0.2, 0.25) is 5.16 Å². The molecule has 0 radical (unpaired) electrons. The quantitative estimate of drug-likeness (QED) is 0.616. The SMILES string of the molecule is Cc1nc(SCCCCOc2ccccc2)n[nH]1. The highest BCUT2D eigenvalue weighted by molar-refractivity contribution is 7.99. The monoisotopic (exact) mass is 263 g/mol. The molecular weight excluding hydrogens is 246 g/mol. The van der Waals surface area contributed by atoms with Crippen molar-refractivity contribution in [3.63, 3.8) is 0 Å². The number of thioether (sulfide) groups is 1. The van der Waals surface area contributed by atoms with Gasteiger partial charge in [-0.25, -0.2) is 4.98 Å². The summed E-state index contributed by atoms with van der Waals surface area (Å²) < 4.78 is 5.62. The van der Waals surface area contributed by atoms with Gasteiger partial charge in [0.25, 0.3) is 0 Å². The lowest BCUT2D eigenvalue weighted by atomic mass is 10.3. The van der Waals surface area contributed by atoms with Gasteiger partial charge in [-0.1, -0.05) is 30.0 Å². The van der Waals surface area contributed by atoms with Crippen molar-refractivity contribution in [2.24, 2.45) is 0 Å². The van der Waals surface area contributed by atoms with Crippen LogP contribution < -0.4 is 4.74 Å². The highest BCUT2D eigenvalue weighted by atomic mass is 32.2. The molecule has 2 aromatic rings. The number of para-hydroxylation sites is 1. The van der Waals surface area contributed by atoms with Crippen LogP contribution in [-0.2, 0) is 0 Å². The Morgan fingerprint density at radius 2 is 2.06 bits per heavy atom. The summed E-state index contributed by atoms with van der Waals surface area (Å²) >= 11 is 1.68. The van der Waals surface area contributed by atoms with Crippen LogP contribution in [0, 0.1) is 6.92 Å². The molecule has 5 heteroatoms. The number of ether oxygens (including phenoxy) is 1. The molecule has 0 saturated carbocycles. The highest BCUT2D eigenvalue weighted by Gasteiger charge is 2.00. The summed E-state index contributed by atoms with van der Waals surface area (Å²) in [7, 11) is 0. The summed E-state index contributed by atoms with van der Waals surface area (Å²) in [6, 6.07) is 9.91. The smallest absolute Gasteiger partial charge is 0.208 e. The molecular formula is C13H17N3OS. The van der Waals surface area contributed by atoms with Gasteiger partial charge in [0.05, 0.1) is 6.61 Å². The second kappa shape index (κ2) is 7.06. The number of rotatable bonds is 7. The van der Waals surface area contributed by atoms with Crippen molar-refractivity contribution in [2.45, 2.75) is 24.9 Å².